The number of rotatable bonds is 6. The number of nitro groups is 1. The minimum Gasteiger partial charge on any atom is -0.450 e. The second-order valence-electron chi connectivity index (χ2n) is 8.44. The molecular formula is C29H21N3O4. The Hall–Kier alpha value is -4.91. The average Bonchev–Trinajstić information content (AvgIpc) is 2.90. The zero-order chi connectivity index (χ0) is 25.2. The molecule has 0 aliphatic rings. The molecule has 0 fully saturated rings. The van der Waals surface area contributed by atoms with Gasteiger partial charge in [0.1, 0.15) is 5.75 Å². The zero-order valence-corrected chi connectivity index (χ0v) is 19.6. The first-order valence-electron chi connectivity index (χ1n) is 11.3. The van der Waals surface area contributed by atoms with Crippen molar-refractivity contribution in [3.63, 3.8) is 0 Å². The summed E-state index contributed by atoms with van der Waals surface area (Å²) < 4.78 is 5.82. The fourth-order valence-electron chi connectivity index (χ4n) is 3.85. The highest BCUT2D eigenvalue weighted by atomic mass is 16.6. The van der Waals surface area contributed by atoms with Crippen molar-refractivity contribution < 1.29 is 14.5 Å². The van der Waals surface area contributed by atoms with E-state index in [9.17, 15) is 14.9 Å². The molecule has 1 heterocycles. The van der Waals surface area contributed by atoms with Crippen molar-refractivity contribution in [1.82, 2.24) is 9.97 Å². The van der Waals surface area contributed by atoms with Crippen molar-refractivity contribution >= 4 is 22.5 Å². The Morgan fingerprint density at radius 1 is 0.833 bits per heavy atom. The second kappa shape index (κ2) is 9.38. The van der Waals surface area contributed by atoms with Crippen LogP contribution < -0.4 is 4.74 Å². The summed E-state index contributed by atoms with van der Waals surface area (Å²) in [5.41, 5.74) is 5.62. The van der Waals surface area contributed by atoms with Crippen LogP contribution in [0.3, 0.4) is 0 Å². The molecule has 0 aliphatic heterocycles. The van der Waals surface area contributed by atoms with Crippen LogP contribution in [0.1, 0.15) is 27.0 Å². The van der Waals surface area contributed by atoms with Gasteiger partial charge in [-0.1, -0.05) is 24.3 Å². The van der Waals surface area contributed by atoms with E-state index in [0.717, 1.165) is 27.7 Å². The summed E-state index contributed by atoms with van der Waals surface area (Å²) in [6.07, 6.45) is 1.70. The number of aryl methyl sites for hydroxylation is 2. The van der Waals surface area contributed by atoms with Gasteiger partial charge in [-0.3, -0.25) is 19.9 Å². The van der Waals surface area contributed by atoms with Crippen molar-refractivity contribution in [2.24, 2.45) is 0 Å². The maximum atomic E-state index is 12.9. The molecule has 0 spiro atoms. The largest absolute Gasteiger partial charge is 0.450 e. The molecule has 0 N–H and O–H groups in total. The van der Waals surface area contributed by atoms with E-state index in [1.807, 2.05) is 56.3 Å². The fraction of sp³-hybridized carbons (Fsp3) is 0.0690. The molecule has 0 aliphatic carbocycles. The molecule has 4 aromatic carbocycles. The molecule has 7 nitrogen and oxygen atoms in total. The zero-order valence-electron chi connectivity index (χ0n) is 19.6. The summed E-state index contributed by atoms with van der Waals surface area (Å²) in [7, 11) is 0. The number of para-hydroxylation sites is 2. The summed E-state index contributed by atoms with van der Waals surface area (Å²) in [5.74, 6) is 0.187. The molecule has 5 aromatic rings. The number of aromatic nitrogens is 2. The number of ether oxygens (including phenoxy) is 1. The quantitative estimate of drug-likeness (QED) is 0.151. The maximum absolute atomic E-state index is 12.9. The molecule has 0 radical (unpaired) electrons. The van der Waals surface area contributed by atoms with Gasteiger partial charge in [0.05, 0.1) is 27.8 Å². The smallest absolute Gasteiger partial charge is 0.312 e. The molecule has 0 saturated carbocycles. The minimum absolute atomic E-state index is 0.0508. The van der Waals surface area contributed by atoms with Crippen LogP contribution >= 0.6 is 0 Å². The molecular weight excluding hydrogens is 454 g/mol. The van der Waals surface area contributed by atoms with E-state index in [0.29, 0.717) is 17.0 Å². The van der Waals surface area contributed by atoms with E-state index in [4.69, 9.17) is 4.74 Å². The maximum Gasteiger partial charge on any atom is 0.312 e. The minimum atomic E-state index is -0.550. The Balaban J connectivity index is 1.39. The van der Waals surface area contributed by atoms with Crippen molar-refractivity contribution in [2.75, 3.05) is 0 Å². The van der Waals surface area contributed by atoms with Crippen LogP contribution in [-0.4, -0.2) is 20.7 Å². The van der Waals surface area contributed by atoms with Gasteiger partial charge in [-0.25, -0.2) is 4.98 Å². The van der Waals surface area contributed by atoms with Crippen LogP contribution in [-0.2, 0) is 0 Å². The van der Waals surface area contributed by atoms with Gasteiger partial charge >= 0.3 is 5.69 Å². The van der Waals surface area contributed by atoms with Crippen molar-refractivity contribution in [3.8, 4) is 22.8 Å². The SMILES string of the molecule is Cc1ccc(C(=O)c2ccc(Oc3ccc(-c4cnc5ccccc5n4)cc3)c([N+](=O)[O-])c2)cc1C. The standard InChI is InChI=1S/C29H21N3O4/c1-18-7-8-21(15-19(18)2)29(33)22-11-14-28(27(16-22)32(34)35)36-23-12-9-20(10-13-23)26-17-30-24-5-3-4-6-25(24)31-26/h3-17H,1-2H3. The van der Waals surface area contributed by atoms with Crippen LogP contribution in [0.15, 0.2) is 91.1 Å². The predicted octanol–water partition coefficient (Wildman–Crippen LogP) is 6.85. The van der Waals surface area contributed by atoms with Gasteiger partial charge in [0.15, 0.2) is 5.78 Å². The van der Waals surface area contributed by atoms with E-state index >= 15 is 0 Å². The lowest BCUT2D eigenvalue weighted by Crippen LogP contribution is -2.04. The van der Waals surface area contributed by atoms with Gasteiger partial charge in [0.25, 0.3) is 0 Å². The summed E-state index contributed by atoms with van der Waals surface area (Å²) in [4.78, 5) is 33.2. The van der Waals surface area contributed by atoms with E-state index < -0.39 is 4.92 Å². The first-order chi connectivity index (χ1) is 17.4. The molecule has 5 rings (SSSR count). The normalized spacial score (nSPS) is 10.8. The molecule has 1 aromatic heterocycles. The van der Waals surface area contributed by atoms with Crippen LogP contribution in [0.2, 0.25) is 0 Å². The number of benzene rings is 4. The van der Waals surface area contributed by atoms with Crippen LogP contribution in [0.5, 0.6) is 11.5 Å². The summed E-state index contributed by atoms with van der Waals surface area (Å²) in [5, 5.41) is 11.8. The summed E-state index contributed by atoms with van der Waals surface area (Å²) in [6.45, 7) is 3.88. The first-order valence-corrected chi connectivity index (χ1v) is 11.3. The third kappa shape index (κ3) is 4.54. The predicted molar refractivity (Wildman–Crippen MR) is 137 cm³/mol. The lowest BCUT2D eigenvalue weighted by atomic mass is 9.99. The van der Waals surface area contributed by atoms with Crippen molar-refractivity contribution in [1.29, 1.82) is 0 Å². The Morgan fingerprint density at radius 3 is 2.25 bits per heavy atom. The lowest BCUT2D eigenvalue weighted by Gasteiger charge is -2.09. The monoisotopic (exact) mass is 475 g/mol. The number of nitro benzene ring substituents is 1. The number of carbonyl (C=O) groups excluding carboxylic acids is 1. The van der Waals surface area contributed by atoms with Crippen LogP contribution in [0.4, 0.5) is 5.69 Å². The molecule has 7 heteroatoms. The van der Waals surface area contributed by atoms with Gasteiger partial charge in [-0.05, 0) is 79.6 Å². The highest BCUT2D eigenvalue weighted by Gasteiger charge is 2.20. The Kier molecular flexibility index (Phi) is 5.96. The van der Waals surface area contributed by atoms with Crippen molar-refractivity contribution in [2.45, 2.75) is 13.8 Å². The van der Waals surface area contributed by atoms with Crippen molar-refractivity contribution in [3.05, 3.63) is 123 Å². The van der Waals surface area contributed by atoms with Gasteiger partial charge in [0, 0.05) is 22.8 Å². The number of hydrogen-bond acceptors (Lipinski definition) is 6. The van der Waals surface area contributed by atoms with Gasteiger partial charge in [-0.2, -0.15) is 0 Å². The molecule has 36 heavy (non-hydrogen) atoms. The second-order valence-corrected chi connectivity index (χ2v) is 8.44. The molecule has 0 saturated heterocycles. The number of carbonyl (C=O) groups is 1. The fourth-order valence-corrected chi connectivity index (χ4v) is 3.85. The Morgan fingerprint density at radius 2 is 1.53 bits per heavy atom. The van der Waals surface area contributed by atoms with Gasteiger partial charge < -0.3 is 4.74 Å². The van der Waals surface area contributed by atoms with Gasteiger partial charge in [-0.15, -0.1) is 0 Å². The molecule has 0 bridgehead atoms. The van der Waals surface area contributed by atoms with E-state index in [2.05, 4.69) is 9.97 Å². The van der Waals surface area contributed by atoms with Crippen LogP contribution in [0, 0.1) is 24.0 Å². The lowest BCUT2D eigenvalue weighted by molar-refractivity contribution is -0.385. The number of ketones is 1. The van der Waals surface area contributed by atoms with Gasteiger partial charge in [0.2, 0.25) is 5.75 Å². The third-order valence-electron chi connectivity index (χ3n) is 6.01. The van der Waals surface area contributed by atoms with E-state index in [1.165, 1.54) is 12.1 Å². The number of fused-ring (bicyclic) bond motifs is 1. The number of hydrogen-bond donors (Lipinski definition) is 0. The average molecular weight is 476 g/mol. The molecule has 176 valence electrons. The highest BCUT2D eigenvalue weighted by molar-refractivity contribution is 6.09. The molecule has 0 atom stereocenters. The Bertz CT molecular complexity index is 1630. The molecule has 0 unspecified atom stereocenters. The topological polar surface area (TPSA) is 95.2 Å². The summed E-state index contributed by atoms with van der Waals surface area (Å²) >= 11 is 0. The highest BCUT2D eigenvalue weighted by Crippen LogP contribution is 2.34. The van der Waals surface area contributed by atoms with E-state index in [1.54, 1.807) is 36.5 Å². The molecule has 0 amide bonds. The summed E-state index contributed by atoms with van der Waals surface area (Å²) in [6, 6.07) is 24.3. The number of nitrogens with zero attached hydrogens (tertiary/aromatic N) is 3. The van der Waals surface area contributed by atoms with Crippen LogP contribution in [0.25, 0.3) is 22.3 Å². The first kappa shape index (κ1) is 22.9. The third-order valence-corrected chi connectivity index (χ3v) is 6.01. The Labute approximate surface area is 207 Å². The van der Waals surface area contributed by atoms with E-state index in [-0.39, 0.29) is 22.8 Å².